The van der Waals surface area contributed by atoms with Crippen molar-refractivity contribution in [3.05, 3.63) is 50.9 Å². The molecule has 0 saturated carbocycles. The average Bonchev–Trinajstić information content (AvgIpc) is 2.99. The van der Waals surface area contributed by atoms with Crippen LogP contribution in [0.15, 0.2) is 24.3 Å². The van der Waals surface area contributed by atoms with Gasteiger partial charge in [0.1, 0.15) is 5.00 Å². The third kappa shape index (κ3) is 4.54. The van der Waals surface area contributed by atoms with Gasteiger partial charge in [-0.3, -0.25) is 9.59 Å². The molecule has 0 aliphatic heterocycles. The standard InChI is InChI=1S/C20H23ClN2O4S/c1-5-23(6-2)19(25)16-12(4)15(20(26)27-7-3)18(28-16)22-17(24)13-10-8-9-11-14(13)21/h8-11H,5-7H2,1-4H3,(H,22,24). The molecule has 1 aromatic heterocycles. The van der Waals surface area contributed by atoms with Gasteiger partial charge < -0.3 is 15.0 Å². The molecule has 1 aromatic carbocycles. The van der Waals surface area contributed by atoms with Gasteiger partial charge in [-0.1, -0.05) is 23.7 Å². The van der Waals surface area contributed by atoms with Crippen LogP contribution in [-0.2, 0) is 4.74 Å². The summed E-state index contributed by atoms with van der Waals surface area (Å²) in [6, 6.07) is 6.61. The van der Waals surface area contributed by atoms with Gasteiger partial charge in [0.25, 0.3) is 11.8 Å². The number of halogens is 1. The van der Waals surface area contributed by atoms with Gasteiger partial charge in [-0.2, -0.15) is 0 Å². The molecule has 1 heterocycles. The van der Waals surface area contributed by atoms with E-state index < -0.39 is 11.9 Å². The zero-order valence-electron chi connectivity index (χ0n) is 16.3. The van der Waals surface area contributed by atoms with Gasteiger partial charge in [-0.15, -0.1) is 11.3 Å². The minimum absolute atomic E-state index is 0.184. The summed E-state index contributed by atoms with van der Waals surface area (Å²) >= 11 is 7.16. The highest BCUT2D eigenvalue weighted by atomic mass is 35.5. The van der Waals surface area contributed by atoms with Crippen molar-refractivity contribution >= 4 is 45.7 Å². The van der Waals surface area contributed by atoms with Crippen LogP contribution in [-0.4, -0.2) is 42.4 Å². The zero-order valence-corrected chi connectivity index (χ0v) is 17.9. The van der Waals surface area contributed by atoms with Gasteiger partial charge >= 0.3 is 5.97 Å². The third-order valence-electron chi connectivity index (χ3n) is 4.22. The van der Waals surface area contributed by atoms with Crippen molar-refractivity contribution in [3.63, 3.8) is 0 Å². The van der Waals surface area contributed by atoms with Crippen molar-refractivity contribution in [1.82, 2.24) is 4.90 Å². The molecule has 2 amide bonds. The maximum atomic E-state index is 12.8. The van der Waals surface area contributed by atoms with Crippen LogP contribution in [0.5, 0.6) is 0 Å². The van der Waals surface area contributed by atoms with Crippen LogP contribution < -0.4 is 5.32 Å². The molecule has 0 aliphatic carbocycles. The average molecular weight is 423 g/mol. The first-order valence-electron chi connectivity index (χ1n) is 9.01. The number of hydrogen-bond donors (Lipinski definition) is 1. The molecule has 0 atom stereocenters. The largest absolute Gasteiger partial charge is 0.462 e. The molecule has 0 bridgehead atoms. The van der Waals surface area contributed by atoms with E-state index in [1.54, 1.807) is 43.0 Å². The summed E-state index contributed by atoms with van der Waals surface area (Å²) in [6.07, 6.45) is 0. The lowest BCUT2D eigenvalue weighted by Gasteiger charge is -2.18. The highest BCUT2D eigenvalue weighted by molar-refractivity contribution is 7.18. The molecule has 0 fully saturated rings. The van der Waals surface area contributed by atoms with Crippen LogP contribution in [0.25, 0.3) is 0 Å². The van der Waals surface area contributed by atoms with Crippen LogP contribution in [0, 0.1) is 6.92 Å². The fraction of sp³-hybridized carbons (Fsp3) is 0.350. The summed E-state index contributed by atoms with van der Waals surface area (Å²) in [5.41, 5.74) is 0.971. The van der Waals surface area contributed by atoms with Gasteiger partial charge in [0.2, 0.25) is 0 Å². The summed E-state index contributed by atoms with van der Waals surface area (Å²) in [5, 5.41) is 3.29. The lowest BCUT2D eigenvalue weighted by Crippen LogP contribution is -2.30. The van der Waals surface area contributed by atoms with E-state index in [0.29, 0.717) is 28.6 Å². The normalized spacial score (nSPS) is 10.5. The first-order valence-corrected chi connectivity index (χ1v) is 10.2. The Morgan fingerprint density at radius 1 is 1.14 bits per heavy atom. The van der Waals surface area contributed by atoms with E-state index in [2.05, 4.69) is 5.32 Å². The maximum Gasteiger partial charge on any atom is 0.341 e. The molecular weight excluding hydrogens is 400 g/mol. The molecule has 6 nitrogen and oxygen atoms in total. The molecule has 0 saturated heterocycles. The Kier molecular flexibility index (Phi) is 7.60. The minimum Gasteiger partial charge on any atom is -0.462 e. The number of ether oxygens (including phenoxy) is 1. The van der Waals surface area contributed by atoms with Gasteiger partial charge in [0, 0.05) is 13.1 Å². The molecule has 2 rings (SSSR count). The lowest BCUT2D eigenvalue weighted by atomic mass is 10.1. The number of rotatable bonds is 7. The second kappa shape index (κ2) is 9.71. The summed E-state index contributed by atoms with van der Waals surface area (Å²) in [7, 11) is 0. The highest BCUT2D eigenvalue weighted by Gasteiger charge is 2.28. The Morgan fingerprint density at radius 3 is 2.36 bits per heavy atom. The van der Waals surface area contributed by atoms with Gasteiger partial charge in [0.05, 0.1) is 27.6 Å². The number of nitrogens with one attached hydrogen (secondary N) is 1. The second-order valence-corrected chi connectivity index (χ2v) is 7.32. The first-order chi connectivity index (χ1) is 13.3. The molecule has 0 unspecified atom stereocenters. The number of benzene rings is 1. The number of hydrogen-bond acceptors (Lipinski definition) is 5. The molecule has 8 heteroatoms. The SMILES string of the molecule is CCOC(=O)c1c(NC(=O)c2ccccc2Cl)sc(C(=O)N(CC)CC)c1C. The van der Waals surface area contributed by atoms with E-state index in [9.17, 15) is 14.4 Å². The van der Waals surface area contributed by atoms with E-state index in [1.807, 2.05) is 13.8 Å². The summed E-state index contributed by atoms with van der Waals surface area (Å²) in [6.45, 7) is 8.43. The van der Waals surface area contributed by atoms with E-state index in [4.69, 9.17) is 16.3 Å². The molecule has 1 N–H and O–H groups in total. The summed E-state index contributed by atoms with van der Waals surface area (Å²) in [4.78, 5) is 40.1. The van der Waals surface area contributed by atoms with Crippen LogP contribution in [0.4, 0.5) is 5.00 Å². The Morgan fingerprint density at radius 2 is 1.79 bits per heavy atom. The predicted molar refractivity (Wildman–Crippen MR) is 112 cm³/mol. The summed E-state index contributed by atoms with van der Waals surface area (Å²) in [5.74, 6) is -1.22. The fourth-order valence-electron chi connectivity index (χ4n) is 2.72. The van der Waals surface area contributed by atoms with E-state index in [-0.39, 0.29) is 28.6 Å². The number of amides is 2. The van der Waals surface area contributed by atoms with Crippen LogP contribution >= 0.6 is 22.9 Å². The topological polar surface area (TPSA) is 75.7 Å². The van der Waals surface area contributed by atoms with Crippen molar-refractivity contribution in [1.29, 1.82) is 0 Å². The number of anilines is 1. The van der Waals surface area contributed by atoms with Crippen LogP contribution in [0.3, 0.4) is 0 Å². The number of carbonyl (C=O) groups is 3. The Balaban J connectivity index is 2.48. The summed E-state index contributed by atoms with van der Waals surface area (Å²) < 4.78 is 5.13. The van der Waals surface area contributed by atoms with E-state index >= 15 is 0 Å². The van der Waals surface area contributed by atoms with Crippen molar-refractivity contribution in [2.24, 2.45) is 0 Å². The van der Waals surface area contributed by atoms with Crippen LogP contribution in [0.2, 0.25) is 5.02 Å². The number of carbonyl (C=O) groups excluding carboxylic acids is 3. The molecule has 150 valence electrons. The van der Waals surface area contributed by atoms with Crippen molar-refractivity contribution in [2.45, 2.75) is 27.7 Å². The number of esters is 1. The number of nitrogens with zero attached hydrogens (tertiary/aromatic N) is 1. The highest BCUT2D eigenvalue weighted by Crippen LogP contribution is 2.35. The monoisotopic (exact) mass is 422 g/mol. The van der Waals surface area contributed by atoms with Gasteiger partial charge in [-0.25, -0.2) is 4.79 Å². The molecule has 28 heavy (non-hydrogen) atoms. The quantitative estimate of drug-likeness (QED) is 0.660. The van der Waals surface area contributed by atoms with Crippen molar-refractivity contribution < 1.29 is 19.1 Å². The Hall–Kier alpha value is -2.38. The smallest absolute Gasteiger partial charge is 0.341 e. The van der Waals surface area contributed by atoms with Crippen molar-refractivity contribution in [3.8, 4) is 0 Å². The Bertz CT molecular complexity index is 890. The van der Waals surface area contributed by atoms with Gasteiger partial charge in [-0.05, 0) is 45.4 Å². The van der Waals surface area contributed by atoms with Gasteiger partial charge in [0.15, 0.2) is 0 Å². The van der Waals surface area contributed by atoms with Crippen LogP contribution in [0.1, 0.15) is 56.7 Å². The molecule has 2 aromatic rings. The van der Waals surface area contributed by atoms with Crippen molar-refractivity contribution in [2.75, 3.05) is 25.0 Å². The molecule has 0 aliphatic rings. The molecular formula is C20H23ClN2O4S. The minimum atomic E-state index is -0.579. The maximum absolute atomic E-state index is 12.8. The van der Waals surface area contributed by atoms with E-state index in [0.717, 1.165) is 11.3 Å². The third-order valence-corrected chi connectivity index (χ3v) is 5.74. The zero-order chi connectivity index (χ0) is 20.8. The van der Waals surface area contributed by atoms with E-state index in [1.165, 1.54) is 0 Å². The lowest BCUT2D eigenvalue weighted by molar-refractivity contribution is 0.0527. The molecule has 0 radical (unpaired) electrons. The molecule has 0 spiro atoms. The Labute approximate surface area is 173 Å². The fourth-order valence-corrected chi connectivity index (χ4v) is 4.10. The second-order valence-electron chi connectivity index (χ2n) is 5.89. The first kappa shape index (κ1) is 21.9. The number of thiophene rings is 1. The predicted octanol–water partition coefficient (Wildman–Crippen LogP) is 4.62.